The van der Waals surface area contributed by atoms with Crippen molar-refractivity contribution in [3.63, 3.8) is 0 Å². The quantitative estimate of drug-likeness (QED) is 0.667. The Kier molecular flexibility index (Phi) is 5.72. The summed E-state index contributed by atoms with van der Waals surface area (Å²) in [4.78, 5) is 12.6. The van der Waals surface area contributed by atoms with E-state index < -0.39 is 12.0 Å². The lowest BCUT2D eigenvalue weighted by atomic mass is 10.2. The Bertz CT molecular complexity index is 202. The van der Waals surface area contributed by atoms with Crippen LogP contribution in [0, 0.1) is 0 Å². The predicted octanol–water partition coefficient (Wildman–Crippen LogP) is 1.92. The minimum Gasteiger partial charge on any atom is -0.460 e. The van der Waals surface area contributed by atoms with Gasteiger partial charge < -0.3 is 9.64 Å². The van der Waals surface area contributed by atoms with Crippen LogP contribution < -0.4 is 0 Å². The topological polar surface area (TPSA) is 29.5 Å². The smallest absolute Gasteiger partial charge is 0.307 e. The molecule has 0 aromatic heterocycles. The van der Waals surface area contributed by atoms with E-state index in [1.54, 1.807) is 27.8 Å². The van der Waals surface area contributed by atoms with Crippen LogP contribution in [-0.4, -0.2) is 43.0 Å². The number of esters is 1. The monoisotopic (exact) mass is 223 g/mol. The van der Waals surface area contributed by atoms with Crippen LogP contribution in [0.5, 0.6) is 0 Å². The molecule has 0 aliphatic carbocycles. The molecule has 0 heterocycles. The molecule has 5 heteroatoms. The molecule has 3 nitrogen and oxygen atoms in total. The number of ether oxygens (including phenoxy) is 1. The van der Waals surface area contributed by atoms with Crippen LogP contribution in [0.25, 0.3) is 0 Å². The van der Waals surface area contributed by atoms with Gasteiger partial charge in [0.25, 0.3) is 6.43 Å². The lowest BCUT2D eigenvalue weighted by Crippen LogP contribution is -2.30. The first-order valence-electron chi connectivity index (χ1n) is 4.89. The average Bonchev–Trinajstić information content (AvgIpc) is 1.96. The normalized spacial score (nSPS) is 12.3. The largest absolute Gasteiger partial charge is 0.460 e. The fourth-order valence-electron chi connectivity index (χ4n) is 1.00. The lowest BCUT2D eigenvalue weighted by molar-refractivity contribution is -0.155. The zero-order valence-corrected chi connectivity index (χ0v) is 9.72. The fraction of sp³-hybridized carbons (Fsp3) is 0.900. The molecule has 0 fully saturated rings. The molecule has 0 N–H and O–H groups in total. The minimum atomic E-state index is -2.37. The second-order valence-electron chi connectivity index (χ2n) is 4.49. The number of hydrogen-bond donors (Lipinski definition) is 0. The number of rotatable bonds is 5. The van der Waals surface area contributed by atoms with E-state index in [0.717, 1.165) is 0 Å². The maximum atomic E-state index is 11.9. The van der Waals surface area contributed by atoms with Crippen molar-refractivity contribution in [3.05, 3.63) is 0 Å². The molecule has 0 aliphatic rings. The predicted molar refractivity (Wildman–Crippen MR) is 54.0 cm³/mol. The van der Waals surface area contributed by atoms with Gasteiger partial charge in [-0.15, -0.1) is 0 Å². The van der Waals surface area contributed by atoms with E-state index in [-0.39, 0.29) is 18.9 Å². The number of carbonyl (C=O) groups excluding carboxylic acids is 1. The van der Waals surface area contributed by atoms with Crippen molar-refractivity contribution >= 4 is 5.97 Å². The molecule has 0 aliphatic heterocycles. The standard InChI is InChI=1S/C10H19F2NO2/c1-10(2,3)15-9(14)5-6-13(4)7-8(11)12/h8H,5-7H2,1-4H3. The van der Waals surface area contributed by atoms with Crippen LogP contribution >= 0.6 is 0 Å². The highest BCUT2D eigenvalue weighted by molar-refractivity contribution is 5.70. The molecule has 0 spiro atoms. The molecule has 0 atom stereocenters. The molecule has 0 radical (unpaired) electrons. The lowest BCUT2D eigenvalue weighted by Gasteiger charge is -2.21. The van der Waals surface area contributed by atoms with Crippen molar-refractivity contribution in [1.82, 2.24) is 4.90 Å². The van der Waals surface area contributed by atoms with Crippen LogP contribution in [-0.2, 0) is 9.53 Å². The average molecular weight is 223 g/mol. The molecular formula is C10H19F2NO2. The van der Waals surface area contributed by atoms with Gasteiger partial charge >= 0.3 is 5.97 Å². The first-order valence-corrected chi connectivity index (χ1v) is 4.89. The molecule has 0 saturated heterocycles. The molecule has 90 valence electrons. The van der Waals surface area contributed by atoms with Crippen LogP contribution in [0.2, 0.25) is 0 Å². The van der Waals surface area contributed by atoms with E-state index in [4.69, 9.17) is 4.74 Å². The summed E-state index contributed by atoms with van der Waals surface area (Å²) < 4.78 is 28.9. The Morgan fingerprint density at radius 3 is 2.33 bits per heavy atom. The highest BCUT2D eigenvalue weighted by atomic mass is 19.3. The molecule has 0 aromatic rings. The van der Waals surface area contributed by atoms with Gasteiger partial charge in [0, 0.05) is 6.54 Å². The van der Waals surface area contributed by atoms with Crippen LogP contribution in [0.15, 0.2) is 0 Å². The van der Waals surface area contributed by atoms with Gasteiger partial charge in [0.1, 0.15) is 5.60 Å². The van der Waals surface area contributed by atoms with Gasteiger partial charge in [-0.05, 0) is 27.8 Å². The maximum absolute atomic E-state index is 11.9. The van der Waals surface area contributed by atoms with E-state index in [0.29, 0.717) is 6.54 Å². The summed E-state index contributed by atoms with van der Waals surface area (Å²) in [5.74, 6) is -0.358. The van der Waals surface area contributed by atoms with Crippen molar-refractivity contribution in [2.24, 2.45) is 0 Å². The second kappa shape index (κ2) is 6.00. The zero-order valence-electron chi connectivity index (χ0n) is 9.72. The summed E-state index contributed by atoms with van der Waals surface area (Å²) in [5, 5.41) is 0. The Morgan fingerprint density at radius 1 is 1.40 bits per heavy atom. The van der Waals surface area contributed by atoms with E-state index in [2.05, 4.69) is 0 Å². The SMILES string of the molecule is CN(CCC(=O)OC(C)(C)C)CC(F)F. The van der Waals surface area contributed by atoms with Gasteiger partial charge in [0.2, 0.25) is 0 Å². The number of nitrogens with zero attached hydrogens (tertiary/aromatic N) is 1. The van der Waals surface area contributed by atoms with Crippen LogP contribution in [0.3, 0.4) is 0 Å². The van der Waals surface area contributed by atoms with Gasteiger partial charge in [0.05, 0.1) is 13.0 Å². The molecule has 0 amide bonds. The van der Waals surface area contributed by atoms with E-state index in [9.17, 15) is 13.6 Å². The first kappa shape index (κ1) is 14.3. The van der Waals surface area contributed by atoms with Gasteiger partial charge in [-0.1, -0.05) is 0 Å². The van der Waals surface area contributed by atoms with Gasteiger partial charge in [-0.25, -0.2) is 8.78 Å². The molecule has 0 rings (SSSR count). The van der Waals surface area contributed by atoms with E-state index in [1.807, 2.05) is 0 Å². The molecular weight excluding hydrogens is 204 g/mol. The highest BCUT2D eigenvalue weighted by Crippen LogP contribution is 2.08. The summed E-state index contributed by atoms with van der Waals surface area (Å²) in [7, 11) is 1.55. The Morgan fingerprint density at radius 2 is 1.93 bits per heavy atom. The number of hydrogen-bond acceptors (Lipinski definition) is 3. The van der Waals surface area contributed by atoms with Crippen LogP contribution in [0.1, 0.15) is 27.2 Å². The van der Waals surface area contributed by atoms with Crippen LogP contribution in [0.4, 0.5) is 8.78 Å². The van der Waals surface area contributed by atoms with Crippen molar-refractivity contribution in [1.29, 1.82) is 0 Å². The fourth-order valence-corrected chi connectivity index (χ4v) is 1.00. The molecule has 15 heavy (non-hydrogen) atoms. The number of halogens is 2. The van der Waals surface area contributed by atoms with E-state index in [1.165, 1.54) is 4.90 Å². The molecule has 0 saturated carbocycles. The van der Waals surface area contributed by atoms with Crippen molar-refractivity contribution in [2.45, 2.75) is 39.2 Å². The third kappa shape index (κ3) is 9.59. The second-order valence-corrected chi connectivity index (χ2v) is 4.49. The summed E-state index contributed by atoms with van der Waals surface area (Å²) in [6.07, 6.45) is -2.23. The summed E-state index contributed by atoms with van der Waals surface area (Å²) in [6, 6.07) is 0. The van der Waals surface area contributed by atoms with Gasteiger partial charge in [0.15, 0.2) is 0 Å². The van der Waals surface area contributed by atoms with Gasteiger partial charge in [-0.3, -0.25) is 4.79 Å². The zero-order chi connectivity index (χ0) is 12.1. The summed E-state index contributed by atoms with van der Waals surface area (Å²) >= 11 is 0. The first-order chi connectivity index (χ1) is 6.70. The van der Waals surface area contributed by atoms with Gasteiger partial charge in [-0.2, -0.15) is 0 Å². The van der Waals surface area contributed by atoms with Crippen molar-refractivity contribution < 1.29 is 18.3 Å². The highest BCUT2D eigenvalue weighted by Gasteiger charge is 2.17. The van der Waals surface area contributed by atoms with Crippen molar-refractivity contribution in [2.75, 3.05) is 20.1 Å². The van der Waals surface area contributed by atoms with E-state index >= 15 is 0 Å². The Labute approximate surface area is 89.4 Å². The Hall–Kier alpha value is -0.710. The molecule has 0 unspecified atom stereocenters. The molecule has 0 bridgehead atoms. The minimum absolute atomic E-state index is 0.139. The Balaban J connectivity index is 3.72. The maximum Gasteiger partial charge on any atom is 0.307 e. The van der Waals surface area contributed by atoms with Crippen molar-refractivity contribution in [3.8, 4) is 0 Å². The third-order valence-corrected chi connectivity index (χ3v) is 1.57. The number of carbonyl (C=O) groups is 1. The molecule has 0 aromatic carbocycles. The third-order valence-electron chi connectivity index (χ3n) is 1.57. The summed E-state index contributed by atoms with van der Waals surface area (Å²) in [5.41, 5.74) is -0.516. The number of alkyl halides is 2. The summed E-state index contributed by atoms with van der Waals surface area (Å²) in [6.45, 7) is 5.29.